The van der Waals surface area contributed by atoms with E-state index in [2.05, 4.69) is 52.0 Å². The van der Waals surface area contributed by atoms with Crippen molar-refractivity contribution >= 4 is 11.8 Å². The van der Waals surface area contributed by atoms with Crippen molar-refractivity contribution in [3.8, 4) is 11.5 Å². The van der Waals surface area contributed by atoms with Crippen LogP contribution in [0.2, 0.25) is 0 Å². The van der Waals surface area contributed by atoms with Crippen LogP contribution in [-0.4, -0.2) is 10.2 Å². The summed E-state index contributed by atoms with van der Waals surface area (Å²) < 4.78 is 0. The second-order valence-corrected chi connectivity index (χ2v) is 13.6. The Hall–Kier alpha value is -1.61. The first-order valence-electron chi connectivity index (χ1n) is 17.3. The van der Waals surface area contributed by atoms with E-state index >= 15 is 0 Å². The van der Waals surface area contributed by atoms with E-state index < -0.39 is 0 Å². The van der Waals surface area contributed by atoms with Crippen molar-refractivity contribution in [1.82, 2.24) is 0 Å². The maximum Gasteiger partial charge on any atom is 0.132 e. The molecule has 0 radical (unpaired) electrons. The minimum atomic E-state index is 0.397. The van der Waals surface area contributed by atoms with Crippen molar-refractivity contribution in [2.75, 3.05) is 0 Å². The fourth-order valence-electron chi connectivity index (χ4n) is 5.90. The third-order valence-electron chi connectivity index (χ3n) is 8.42. The van der Waals surface area contributed by atoms with E-state index in [1.54, 1.807) is 0 Å². The van der Waals surface area contributed by atoms with Gasteiger partial charge in [0.15, 0.2) is 0 Å². The lowest BCUT2D eigenvalue weighted by Crippen LogP contribution is -1.93. The lowest BCUT2D eigenvalue weighted by molar-refractivity contribution is 0.450. The van der Waals surface area contributed by atoms with Gasteiger partial charge in [0, 0.05) is 0 Å². The molecule has 0 bridgehead atoms. The van der Waals surface area contributed by atoms with Gasteiger partial charge < -0.3 is 10.2 Å². The Morgan fingerprint density at radius 1 is 0.439 bits per heavy atom. The zero-order valence-electron chi connectivity index (χ0n) is 27.2. The number of aromatic hydroxyl groups is 2. The van der Waals surface area contributed by atoms with Crippen LogP contribution in [0.4, 0.5) is 0 Å². The summed E-state index contributed by atoms with van der Waals surface area (Å²) in [7, 11) is 0. The highest BCUT2D eigenvalue weighted by atomic mass is 32.2. The molecule has 2 nitrogen and oxygen atoms in total. The lowest BCUT2D eigenvalue weighted by Gasteiger charge is -2.15. The molecule has 2 aromatic rings. The second kappa shape index (κ2) is 22.0. The fourth-order valence-corrected chi connectivity index (χ4v) is 7.08. The lowest BCUT2D eigenvalue weighted by atomic mass is 10.0. The molecule has 0 saturated carbocycles. The van der Waals surface area contributed by atoms with Gasteiger partial charge in [-0.15, -0.1) is 0 Å². The van der Waals surface area contributed by atoms with E-state index in [0.29, 0.717) is 11.5 Å². The Kier molecular flexibility index (Phi) is 19.1. The van der Waals surface area contributed by atoms with Gasteiger partial charge in [0.2, 0.25) is 0 Å². The summed E-state index contributed by atoms with van der Waals surface area (Å²) in [6.07, 6.45) is 28.2. The molecular weight excluding hydrogens is 520 g/mol. The maximum absolute atomic E-state index is 11.1. The topological polar surface area (TPSA) is 40.5 Å². The third kappa shape index (κ3) is 14.9. The molecule has 0 fully saturated rings. The summed E-state index contributed by atoms with van der Waals surface area (Å²) in [5, 5.41) is 22.3. The first-order valence-corrected chi connectivity index (χ1v) is 18.1. The summed E-state index contributed by atoms with van der Waals surface area (Å²) in [4.78, 5) is 1.72. The molecule has 0 aliphatic heterocycles. The second-order valence-electron chi connectivity index (χ2n) is 12.5. The highest BCUT2D eigenvalue weighted by Crippen LogP contribution is 2.43. The average molecular weight is 583 g/mol. The molecule has 232 valence electrons. The normalized spacial score (nSPS) is 11.4. The van der Waals surface area contributed by atoms with Crippen LogP contribution in [0.15, 0.2) is 34.1 Å². The quantitative estimate of drug-likeness (QED) is 0.121. The molecule has 0 unspecified atom stereocenters. The van der Waals surface area contributed by atoms with Crippen LogP contribution >= 0.6 is 11.8 Å². The van der Waals surface area contributed by atoms with E-state index in [0.717, 1.165) is 46.6 Å². The number of unbranched alkanes of at least 4 members (excludes halogenated alkanes) is 18. The van der Waals surface area contributed by atoms with Crippen LogP contribution in [0.1, 0.15) is 165 Å². The minimum Gasteiger partial charge on any atom is -0.506 e. The molecule has 2 N–H and O–H groups in total. The summed E-state index contributed by atoms with van der Waals surface area (Å²) in [5.74, 6) is 0.794. The molecule has 0 saturated heterocycles. The molecule has 41 heavy (non-hydrogen) atoms. The van der Waals surface area contributed by atoms with Crippen LogP contribution in [0.5, 0.6) is 11.5 Å². The van der Waals surface area contributed by atoms with E-state index in [9.17, 15) is 10.2 Å². The SMILES string of the molecule is CCCCCCCCCCCCc1cc(C)cc(Sc2cc(C)cc(CCCCCCCCCCCC)c2O)c1O. The van der Waals surface area contributed by atoms with Crippen molar-refractivity contribution < 1.29 is 10.2 Å². The van der Waals surface area contributed by atoms with Crippen molar-refractivity contribution in [3.63, 3.8) is 0 Å². The molecule has 0 aromatic heterocycles. The number of phenols is 2. The Morgan fingerprint density at radius 3 is 1.05 bits per heavy atom. The van der Waals surface area contributed by atoms with Crippen LogP contribution < -0.4 is 0 Å². The third-order valence-corrected chi connectivity index (χ3v) is 9.48. The summed E-state index contributed by atoms with van der Waals surface area (Å²) in [5.41, 5.74) is 4.44. The van der Waals surface area contributed by atoms with Crippen LogP contribution in [-0.2, 0) is 12.8 Å². The van der Waals surface area contributed by atoms with Gasteiger partial charge in [-0.2, -0.15) is 0 Å². The van der Waals surface area contributed by atoms with Crippen LogP contribution in [0.25, 0.3) is 0 Å². The number of benzene rings is 2. The highest BCUT2D eigenvalue weighted by molar-refractivity contribution is 7.99. The molecular formula is C38H62O2S. The van der Waals surface area contributed by atoms with Crippen molar-refractivity contribution in [3.05, 3.63) is 46.5 Å². The van der Waals surface area contributed by atoms with Gasteiger partial charge in [0.05, 0.1) is 9.79 Å². The number of phenolic OH excluding ortho intramolecular Hbond substituents is 2. The molecule has 2 aromatic carbocycles. The van der Waals surface area contributed by atoms with Gasteiger partial charge in [0.1, 0.15) is 11.5 Å². The smallest absolute Gasteiger partial charge is 0.132 e. The Bertz CT molecular complexity index is 890. The molecule has 2 rings (SSSR count). The summed E-state index contributed by atoms with van der Waals surface area (Å²) in [6, 6.07) is 8.40. The first-order chi connectivity index (χ1) is 20.0. The number of hydrogen-bond acceptors (Lipinski definition) is 3. The fraction of sp³-hybridized carbons (Fsp3) is 0.684. The van der Waals surface area contributed by atoms with Gasteiger partial charge in [-0.25, -0.2) is 0 Å². The summed E-state index contributed by atoms with van der Waals surface area (Å²) in [6.45, 7) is 8.77. The Balaban J connectivity index is 1.82. The monoisotopic (exact) mass is 582 g/mol. The average Bonchev–Trinajstić information content (AvgIpc) is 2.95. The Morgan fingerprint density at radius 2 is 0.732 bits per heavy atom. The van der Waals surface area contributed by atoms with Gasteiger partial charge in [-0.3, -0.25) is 0 Å². The molecule has 0 spiro atoms. The zero-order chi connectivity index (χ0) is 29.7. The van der Waals surface area contributed by atoms with E-state index in [4.69, 9.17) is 0 Å². The minimum absolute atomic E-state index is 0.397. The number of aryl methyl sites for hydroxylation is 4. The van der Waals surface area contributed by atoms with Crippen molar-refractivity contribution in [2.24, 2.45) is 0 Å². The number of rotatable bonds is 24. The molecule has 0 aliphatic rings. The van der Waals surface area contributed by atoms with Crippen molar-refractivity contribution in [2.45, 2.75) is 179 Å². The van der Waals surface area contributed by atoms with Crippen LogP contribution in [0.3, 0.4) is 0 Å². The first kappa shape index (κ1) is 35.6. The van der Waals surface area contributed by atoms with Gasteiger partial charge in [-0.1, -0.05) is 153 Å². The zero-order valence-corrected chi connectivity index (χ0v) is 28.0. The number of hydrogen-bond donors (Lipinski definition) is 2. The molecule has 0 amide bonds. The predicted octanol–water partition coefficient (Wildman–Crippen LogP) is 12.8. The largest absolute Gasteiger partial charge is 0.506 e. The molecule has 3 heteroatoms. The Labute approximate surface area is 258 Å². The highest BCUT2D eigenvalue weighted by Gasteiger charge is 2.15. The molecule has 0 aliphatic carbocycles. The molecule has 0 atom stereocenters. The predicted molar refractivity (Wildman–Crippen MR) is 181 cm³/mol. The van der Waals surface area contributed by atoms with Gasteiger partial charge in [0.25, 0.3) is 0 Å². The standard InChI is InChI=1S/C38H62O2S/c1-5-7-9-11-13-15-17-19-21-23-25-33-27-31(3)29-35(37(33)39)41-36-30-32(4)28-34(38(36)40)26-24-22-20-18-16-14-12-10-8-6-2/h27-30,39-40H,5-26H2,1-4H3. The van der Waals surface area contributed by atoms with Gasteiger partial charge >= 0.3 is 0 Å². The van der Waals surface area contributed by atoms with E-state index in [1.807, 2.05) is 0 Å². The summed E-state index contributed by atoms with van der Waals surface area (Å²) >= 11 is 1.51. The van der Waals surface area contributed by atoms with Crippen molar-refractivity contribution in [1.29, 1.82) is 0 Å². The maximum atomic E-state index is 11.1. The molecule has 0 heterocycles. The van der Waals surface area contributed by atoms with Gasteiger partial charge in [-0.05, 0) is 73.9 Å². The van der Waals surface area contributed by atoms with E-state index in [-0.39, 0.29) is 0 Å². The van der Waals surface area contributed by atoms with E-state index in [1.165, 1.54) is 138 Å². The van der Waals surface area contributed by atoms with Crippen LogP contribution in [0, 0.1) is 13.8 Å².